The second-order valence-corrected chi connectivity index (χ2v) is 4.10. The molecule has 3 heteroatoms. The standard InChI is InChI=1S/C12H9NOS/c1-15-12-9-7-13-6-5-8-3-2-4-10(14-12)11(8)9/h2-7H,1H3. The molecule has 2 nitrogen and oxygen atoms in total. The molecule has 1 aliphatic heterocycles. The van der Waals surface area contributed by atoms with Crippen LogP contribution in [0.5, 0.6) is 0 Å². The Balaban J connectivity index is 2.49. The van der Waals surface area contributed by atoms with Crippen molar-refractivity contribution in [1.82, 2.24) is 0 Å². The molecule has 0 aliphatic carbocycles. The monoisotopic (exact) mass is 215 g/mol. The van der Waals surface area contributed by atoms with Gasteiger partial charge >= 0.3 is 0 Å². The fourth-order valence-electron chi connectivity index (χ4n) is 1.83. The van der Waals surface area contributed by atoms with Crippen LogP contribution in [-0.2, 0) is 0 Å². The Hall–Kier alpha value is -1.48. The van der Waals surface area contributed by atoms with Crippen LogP contribution in [0.1, 0.15) is 11.1 Å². The summed E-state index contributed by atoms with van der Waals surface area (Å²) in [5, 5.41) is 2.10. The van der Waals surface area contributed by atoms with Crippen LogP contribution < -0.4 is 0 Å². The maximum absolute atomic E-state index is 5.75. The maximum Gasteiger partial charge on any atom is 0.170 e. The van der Waals surface area contributed by atoms with E-state index in [-0.39, 0.29) is 0 Å². The molecule has 0 bridgehead atoms. The quantitative estimate of drug-likeness (QED) is 0.680. The summed E-state index contributed by atoms with van der Waals surface area (Å²) in [7, 11) is 0. The van der Waals surface area contributed by atoms with Crippen molar-refractivity contribution in [2.45, 2.75) is 5.09 Å². The van der Waals surface area contributed by atoms with Crippen molar-refractivity contribution in [3.8, 4) is 0 Å². The van der Waals surface area contributed by atoms with Gasteiger partial charge in [0.1, 0.15) is 5.58 Å². The molecule has 0 radical (unpaired) electrons. The van der Waals surface area contributed by atoms with Crippen LogP contribution in [0.4, 0.5) is 0 Å². The lowest BCUT2D eigenvalue weighted by atomic mass is 10.1. The molecule has 2 aromatic rings. The number of aliphatic imine (C=N–C) groups is 1. The average molecular weight is 215 g/mol. The van der Waals surface area contributed by atoms with E-state index in [1.54, 1.807) is 11.8 Å². The average Bonchev–Trinajstić information content (AvgIpc) is 2.47. The van der Waals surface area contributed by atoms with Gasteiger partial charge in [0.2, 0.25) is 0 Å². The zero-order chi connectivity index (χ0) is 10.3. The maximum atomic E-state index is 5.75. The van der Waals surface area contributed by atoms with Gasteiger partial charge in [-0.05, 0) is 24.0 Å². The van der Waals surface area contributed by atoms with E-state index in [4.69, 9.17) is 4.42 Å². The minimum absolute atomic E-state index is 0.935. The predicted molar refractivity (Wildman–Crippen MR) is 64.6 cm³/mol. The highest BCUT2D eigenvalue weighted by Gasteiger charge is 2.14. The van der Waals surface area contributed by atoms with Gasteiger partial charge < -0.3 is 4.42 Å². The normalized spacial score (nSPS) is 13.4. The molecule has 0 atom stereocenters. The first-order valence-corrected chi connectivity index (χ1v) is 5.92. The third-order valence-electron chi connectivity index (χ3n) is 2.48. The number of rotatable bonds is 1. The van der Waals surface area contributed by atoms with Crippen LogP contribution in [0.15, 0.2) is 38.9 Å². The highest BCUT2D eigenvalue weighted by molar-refractivity contribution is 7.98. The Labute approximate surface area is 91.7 Å². The first-order valence-electron chi connectivity index (χ1n) is 4.69. The number of furan rings is 1. The molecule has 74 valence electrons. The molecule has 0 amide bonds. The van der Waals surface area contributed by atoms with E-state index < -0.39 is 0 Å². The Morgan fingerprint density at radius 2 is 2.27 bits per heavy atom. The first kappa shape index (κ1) is 8.80. The van der Waals surface area contributed by atoms with Crippen molar-refractivity contribution < 1.29 is 4.42 Å². The zero-order valence-electron chi connectivity index (χ0n) is 8.23. The minimum Gasteiger partial charge on any atom is -0.449 e. The topological polar surface area (TPSA) is 25.5 Å². The molecule has 0 N–H and O–H groups in total. The second kappa shape index (κ2) is 3.28. The summed E-state index contributed by atoms with van der Waals surface area (Å²) < 4.78 is 5.75. The fourth-order valence-corrected chi connectivity index (χ4v) is 2.37. The van der Waals surface area contributed by atoms with Gasteiger partial charge in [-0.3, -0.25) is 4.99 Å². The Morgan fingerprint density at radius 1 is 1.33 bits per heavy atom. The summed E-state index contributed by atoms with van der Waals surface area (Å²) in [5.41, 5.74) is 3.20. The van der Waals surface area contributed by atoms with Crippen LogP contribution in [0.25, 0.3) is 17.0 Å². The highest BCUT2D eigenvalue weighted by atomic mass is 32.2. The van der Waals surface area contributed by atoms with E-state index in [1.165, 1.54) is 10.9 Å². The van der Waals surface area contributed by atoms with Crippen LogP contribution in [0, 0.1) is 0 Å². The first-order chi connectivity index (χ1) is 7.40. The van der Waals surface area contributed by atoms with E-state index in [0.29, 0.717) is 0 Å². The molecule has 3 rings (SSSR count). The summed E-state index contributed by atoms with van der Waals surface area (Å²) in [5.74, 6) is 0. The van der Waals surface area contributed by atoms with E-state index in [9.17, 15) is 0 Å². The van der Waals surface area contributed by atoms with Gasteiger partial charge in [0.15, 0.2) is 5.09 Å². The largest absolute Gasteiger partial charge is 0.449 e. The van der Waals surface area contributed by atoms with Crippen molar-refractivity contribution in [3.05, 3.63) is 35.5 Å². The van der Waals surface area contributed by atoms with Gasteiger partial charge in [-0.25, -0.2) is 0 Å². The van der Waals surface area contributed by atoms with Crippen molar-refractivity contribution in [2.24, 2.45) is 4.99 Å². The van der Waals surface area contributed by atoms with E-state index in [0.717, 1.165) is 16.2 Å². The summed E-state index contributed by atoms with van der Waals surface area (Å²) >= 11 is 1.61. The zero-order valence-corrected chi connectivity index (χ0v) is 9.04. The molecule has 1 aromatic heterocycles. The van der Waals surface area contributed by atoms with Crippen molar-refractivity contribution >= 4 is 35.0 Å². The molecule has 1 aromatic carbocycles. The third-order valence-corrected chi connectivity index (χ3v) is 3.15. The van der Waals surface area contributed by atoms with Gasteiger partial charge in [-0.15, -0.1) is 0 Å². The molecular formula is C12H9NOS. The molecule has 0 fully saturated rings. The minimum atomic E-state index is 0.935. The SMILES string of the molecule is CSc1oc2cccc3c2c1C=NC=C3. The van der Waals surface area contributed by atoms with Crippen molar-refractivity contribution in [2.75, 3.05) is 6.26 Å². The lowest BCUT2D eigenvalue weighted by molar-refractivity contribution is 0.515. The number of benzene rings is 1. The highest BCUT2D eigenvalue weighted by Crippen LogP contribution is 2.34. The molecule has 0 saturated heterocycles. The Kier molecular flexibility index (Phi) is 1.92. The number of hydrogen-bond donors (Lipinski definition) is 0. The molecule has 1 aliphatic rings. The summed E-state index contributed by atoms with van der Waals surface area (Å²) in [6, 6.07) is 6.08. The smallest absolute Gasteiger partial charge is 0.170 e. The van der Waals surface area contributed by atoms with Crippen molar-refractivity contribution in [3.63, 3.8) is 0 Å². The van der Waals surface area contributed by atoms with Gasteiger partial charge in [0, 0.05) is 17.8 Å². The molecule has 15 heavy (non-hydrogen) atoms. The lowest BCUT2D eigenvalue weighted by Crippen LogP contribution is -1.80. The lowest BCUT2D eigenvalue weighted by Gasteiger charge is -1.94. The van der Waals surface area contributed by atoms with E-state index in [2.05, 4.69) is 11.1 Å². The van der Waals surface area contributed by atoms with Crippen LogP contribution in [0.2, 0.25) is 0 Å². The number of hydrogen-bond acceptors (Lipinski definition) is 3. The van der Waals surface area contributed by atoms with E-state index in [1.807, 2.05) is 36.9 Å². The molecule has 0 spiro atoms. The van der Waals surface area contributed by atoms with Gasteiger partial charge in [-0.1, -0.05) is 23.9 Å². The summed E-state index contributed by atoms with van der Waals surface area (Å²) in [4.78, 5) is 4.21. The Morgan fingerprint density at radius 3 is 3.13 bits per heavy atom. The third kappa shape index (κ3) is 1.23. The number of thioether (sulfide) groups is 1. The predicted octanol–water partition coefficient (Wildman–Crippen LogP) is 3.56. The van der Waals surface area contributed by atoms with Crippen LogP contribution in [-0.4, -0.2) is 12.5 Å². The summed E-state index contributed by atoms with van der Waals surface area (Å²) in [6.07, 6.45) is 7.71. The summed E-state index contributed by atoms with van der Waals surface area (Å²) in [6.45, 7) is 0. The number of nitrogens with zero attached hydrogens (tertiary/aromatic N) is 1. The van der Waals surface area contributed by atoms with E-state index >= 15 is 0 Å². The van der Waals surface area contributed by atoms with Gasteiger partial charge in [0.25, 0.3) is 0 Å². The van der Waals surface area contributed by atoms with Crippen LogP contribution >= 0.6 is 11.8 Å². The molecular weight excluding hydrogens is 206 g/mol. The Bertz CT molecular complexity index is 581. The van der Waals surface area contributed by atoms with Gasteiger partial charge in [0.05, 0.1) is 5.56 Å². The van der Waals surface area contributed by atoms with Crippen LogP contribution in [0.3, 0.4) is 0 Å². The fraction of sp³-hybridized carbons (Fsp3) is 0.0833. The van der Waals surface area contributed by atoms with Crippen molar-refractivity contribution in [1.29, 1.82) is 0 Å². The molecule has 0 unspecified atom stereocenters. The molecule has 0 saturated carbocycles. The van der Waals surface area contributed by atoms with Gasteiger partial charge in [-0.2, -0.15) is 0 Å². The molecule has 2 heterocycles. The second-order valence-electron chi connectivity index (χ2n) is 3.32.